The summed E-state index contributed by atoms with van der Waals surface area (Å²) in [6, 6.07) is 8.30. The first kappa shape index (κ1) is 17.2. The largest absolute Gasteiger partial charge is 0.348 e. The third kappa shape index (κ3) is 4.25. The van der Waals surface area contributed by atoms with Crippen molar-refractivity contribution >= 4 is 11.6 Å². The molecule has 4 nitrogen and oxygen atoms in total. The topological polar surface area (TPSA) is 56.5 Å². The predicted octanol–water partition coefficient (Wildman–Crippen LogP) is 3.40. The lowest BCUT2D eigenvalue weighted by Gasteiger charge is -2.41. The molecule has 1 saturated heterocycles. The van der Waals surface area contributed by atoms with Crippen LogP contribution in [-0.4, -0.2) is 31.1 Å². The van der Waals surface area contributed by atoms with Crippen molar-refractivity contribution in [2.24, 2.45) is 5.73 Å². The summed E-state index contributed by atoms with van der Waals surface area (Å²) < 4.78 is 11.6. The van der Waals surface area contributed by atoms with Crippen LogP contribution in [0.15, 0.2) is 24.3 Å². The second-order valence-corrected chi connectivity index (χ2v) is 7.38. The van der Waals surface area contributed by atoms with Crippen molar-refractivity contribution < 1.29 is 9.47 Å². The third-order valence-corrected chi connectivity index (χ3v) is 5.52. The summed E-state index contributed by atoms with van der Waals surface area (Å²) in [4.78, 5) is 0. The lowest BCUT2D eigenvalue weighted by Crippen LogP contribution is -2.50. The molecule has 0 amide bonds. The summed E-state index contributed by atoms with van der Waals surface area (Å²) in [6.45, 7) is 4.52. The van der Waals surface area contributed by atoms with Crippen LogP contribution in [0, 0.1) is 0 Å². The van der Waals surface area contributed by atoms with Gasteiger partial charge in [0.05, 0.1) is 13.2 Å². The second-order valence-electron chi connectivity index (χ2n) is 6.95. The van der Waals surface area contributed by atoms with Crippen molar-refractivity contribution in [1.82, 2.24) is 5.32 Å². The maximum atomic E-state index is 6.59. The van der Waals surface area contributed by atoms with E-state index in [1.54, 1.807) is 0 Å². The molecule has 3 rings (SSSR count). The zero-order chi connectivity index (χ0) is 16.3. The molecule has 0 aromatic heterocycles. The number of ether oxygens (including phenoxy) is 2. The van der Waals surface area contributed by atoms with Crippen LogP contribution in [0.5, 0.6) is 0 Å². The fourth-order valence-electron chi connectivity index (χ4n) is 3.57. The van der Waals surface area contributed by atoms with Crippen molar-refractivity contribution in [1.29, 1.82) is 0 Å². The Morgan fingerprint density at radius 3 is 2.35 bits per heavy atom. The van der Waals surface area contributed by atoms with Crippen LogP contribution in [0.2, 0.25) is 5.02 Å². The first-order valence-corrected chi connectivity index (χ1v) is 8.94. The quantitative estimate of drug-likeness (QED) is 0.864. The van der Waals surface area contributed by atoms with E-state index in [0.717, 1.165) is 56.9 Å². The molecule has 1 aromatic rings. The Hall–Kier alpha value is -0.650. The highest BCUT2D eigenvalue weighted by molar-refractivity contribution is 6.30. The van der Waals surface area contributed by atoms with Crippen LogP contribution < -0.4 is 11.1 Å². The van der Waals surface area contributed by atoms with Crippen molar-refractivity contribution in [3.63, 3.8) is 0 Å². The molecule has 0 bridgehead atoms. The third-order valence-electron chi connectivity index (χ3n) is 5.26. The monoisotopic (exact) mass is 338 g/mol. The van der Waals surface area contributed by atoms with Crippen molar-refractivity contribution in [3.8, 4) is 0 Å². The number of rotatable bonds is 5. The van der Waals surface area contributed by atoms with Gasteiger partial charge in [0.2, 0.25) is 0 Å². The van der Waals surface area contributed by atoms with Crippen LogP contribution >= 0.6 is 11.6 Å². The van der Waals surface area contributed by atoms with E-state index in [-0.39, 0.29) is 11.3 Å². The molecule has 1 aliphatic heterocycles. The van der Waals surface area contributed by atoms with Gasteiger partial charge in [-0.1, -0.05) is 23.7 Å². The summed E-state index contributed by atoms with van der Waals surface area (Å²) in [5, 5.41) is 4.34. The van der Waals surface area contributed by atoms with Gasteiger partial charge in [-0.05, 0) is 50.4 Å². The molecule has 1 aromatic carbocycles. The fraction of sp³-hybridized carbons (Fsp3) is 0.667. The van der Waals surface area contributed by atoms with E-state index in [2.05, 4.69) is 24.4 Å². The van der Waals surface area contributed by atoms with Gasteiger partial charge < -0.3 is 20.5 Å². The zero-order valence-electron chi connectivity index (χ0n) is 13.8. The van der Waals surface area contributed by atoms with E-state index < -0.39 is 0 Å². The second kappa shape index (κ2) is 7.08. The normalized spacial score (nSPS) is 24.0. The highest BCUT2D eigenvalue weighted by atomic mass is 35.5. The number of benzene rings is 1. The molecule has 0 radical (unpaired) electrons. The van der Waals surface area contributed by atoms with Gasteiger partial charge >= 0.3 is 0 Å². The summed E-state index contributed by atoms with van der Waals surface area (Å²) >= 11 is 5.93. The van der Waals surface area contributed by atoms with Gasteiger partial charge in [0.25, 0.3) is 0 Å². The van der Waals surface area contributed by atoms with E-state index in [4.69, 9.17) is 26.8 Å². The molecule has 23 heavy (non-hydrogen) atoms. The van der Waals surface area contributed by atoms with Crippen molar-refractivity contribution in [3.05, 3.63) is 34.9 Å². The van der Waals surface area contributed by atoms with Crippen LogP contribution in [0.3, 0.4) is 0 Å². The molecule has 5 heteroatoms. The molecule has 1 saturated carbocycles. The highest BCUT2D eigenvalue weighted by Gasteiger charge is 2.44. The Morgan fingerprint density at radius 2 is 1.74 bits per heavy atom. The molecule has 3 N–H and O–H groups in total. The molecule has 2 fully saturated rings. The molecule has 1 atom stereocenters. The molecule has 2 aliphatic rings. The number of hydrogen-bond donors (Lipinski definition) is 2. The molecular formula is C18H27ClN2O2. The van der Waals surface area contributed by atoms with E-state index in [0.29, 0.717) is 6.04 Å². The molecular weight excluding hydrogens is 312 g/mol. The Bertz CT molecular complexity index is 504. The van der Waals surface area contributed by atoms with Gasteiger partial charge in [0.1, 0.15) is 0 Å². The van der Waals surface area contributed by atoms with Gasteiger partial charge in [0, 0.05) is 29.4 Å². The zero-order valence-corrected chi connectivity index (χ0v) is 14.6. The minimum atomic E-state index is -0.326. The minimum absolute atomic E-state index is 0.104. The molecule has 1 aliphatic carbocycles. The van der Waals surface area contributed by atoms with E-state index in [9.17, 15) is 0 Å². The van der Waals surface area contributed by atoms with Crippen LogP contribution in [-0.2, 0) is 9.47 Å². The van der Waals surface area contributed by atoms with E-state index >= 15 is 0 Å². The average molecular weight is 339 g/mol. The standard InChI is InChI=1S/C18H27ClN2O2/c1-14(15-2-4-16(19)5-3-15)21-11-10-17(20)6-8-18(9-7-17)22-12-13-23-18/h2-5,14,21H,6-13,20H2,1H3. The number of nitrogens with two attached hydrogens (primary N) is 1. The van der Waals surface area contributed by atoms with Crippen molar-refractivity contribution in [2.75, 3.05) is 19.8 Å². The lowest BCUT2D eigenvalue weighted by molar-refractivity contribution is -0.184. The lowest BCUT2D eigenvalue weighted by atomic mass is 9.77. The summed E-state index contributed by atoms with van der Waals surface area (Å²) in [5.74, 6) is -0.326. The predicted molar refractivity (Wildman–Crippen MR) is 92.5 cm³/mol. The highest BCUT2D eigenvalue weighted by Crippen LogP contribution is 2.40. The summed E-state index contributed by atoms with van der Waals surface area (Å²) in [7, 11) is 0. The first-order chi connectivity index (χ1) is 11.0. The van der Waals surface area contributed by atoms with Gasteiger partial charge in [-0.15, -0.1) is 0 Å². The van der Waals surface area contributed by atoms with Crippen molar-refractivity contribution in [2.45, 2.75) is 56.4 Å². The molecule has 128 valence electrons. The fourth-order valence-corrected chi connectivity index (χ4v) is 3.70. The van der Waals surface area contributed by atoms with E-state index in [1.807, 2.05) is 12.1 Å². The molecule has 1 spiro atoms. The molecule has 1 heterocycles. The Labute approximate surface area is 143 Å². The Balaban J connectivity index is 1.44. The van der Waals surface area contributed by atoms with Gasteiger partial charge in [-0.3, -0.25) is 0 Å². The first-order valence-electron chi connectivity index (χ1n) is 8.56. The average Bonchev–Trinajstić information content (AvgIpc) is 3.00. The minimum Gasteiger partial charge on any atom is -0.348 e. The Kier molecular flexibility index (Phi) is 5.29. The maximum absolute atomic E-state index is 6.59. The van der Waals surface area contributed by atoms with Crippen LogP contribution in [0.25, 0.3) is 0 Å². The maximum Gasteiger partial charge on any atom is 0.168 e. The van der Waals surface area contributed by atoms with Gasteiger partial charge in [0.15, 0.2) is 5.79 Å². The van der Waals surface area contributed by atoms with Gasteiger partial charge in [-0.25, -0.2) is 0 Å². The Morgan fingerprint density at radius 1 is 1.13 bits per heavy atom. The number of hydrogen-bond acceptors (Lipinski definition) is 4. The van der Waals surface area contributed by atoms with E-state index in [1.165, 1.54) is 5.56 Å². The number of halogens is 1. The smallest absolute Gasteiger partial charge is 0.168 e. The van der Waals surface area contributed by atoms with Gasteiger partial charge in [-0.2, -0.15) is 0 Å². The molecule has 1 unspecified atom stereocenters. The SMILES string of the molecule is CC(NCCC1(N)CCC2(CC1)OCCO2)c1ccc(Cl)cc1. The summed E-state index contributed by atoms with van der Waals surface area (Å²) in [5.41, 5.74) is 7.73. The van der Waals surface area contributed by atoms with Crippen LogP contribution in [0.4, 0.5) is 0 Å². The number of nitrogens with one attached hydrogen (secondary N) is 1. The summed E-state index contributed by atoms with van der Waals surface area (Å²) in [6.07, 6.45) is 4.72. The van der Waals surface area contributed by atoms with Crippen LogP contribution in [0.1, 0.15) is 50.6 Å².